The lowest BCUT2D eigenvalue weighted by Gasteiger charge is -2.06. The fourth-order valence-electron chi connectivity index (χ4n) is 1.90. The van der Waals surface area contributed by atoms with Crippen LogP contribution in [0.3, 0.4) is 0 Å². The number of thioether (sulfide) groups is 1. The van der Waals surface area contributed by atoms with Crippen LogP contribution in [0.4, 0.5) is 0 Å². The van der Waals surface area contributed by atoms with Gasteiger partial charge in [0.15, 0.2) is 0 Å². The fraction of sp³-hybridized carbons (Fsp3) is 0.235. The average molecular weight is 285 g/mol. The van der Waals surface area contributed by atoms with E-state index in [9.17, 15) is 4.79 Å². The largest absolute Gasteiger partial charge is 0.352 e. The summed E-state index contributed by atoms with van der Waals surface area (Å²) in [4.78, 5) is 13.1. The summed E-state index contributed by atoms with van der Waals surface area (Å²) in [5.74, 6) is 0.0578. The van der Waals surface area contributed by atoms with Crippen LogP contribution in [0, 0.1) is 6.92 Å². The van der Waals surface area contributed by atoms with Crippen LogP contribution in [0.25, 0.3) is 0 Å². The molecule has 0 fully saturated rings. The summed E-state index contributed by atoms with van der Waals surface area (Å²) in [5, 5.41) is 2.95. The van der Waals surface area contributed by atoms with Crippen molar-refractivity contribution in [3.05, 3.63) is 65.2 Å². The van der Waals surface area contributed by atoms with Crippen LogP contribution < -0.4 is 5.32 Å². The Hall–Kier alpha value is -1.74. The van der Waals surface area contributed by atoms with Crippen molar-refractivity contribution in [2.45, 2.75) is 24.8 Å². The minimum absolute atomic E-state index is 0.0578. The van der Waals surface area contributed by atoms with Crippen LogP contribution in [0.1, 0.15) is 16.7 Å². The zero-order valence-corrected chi connectivity index (χ0v) is 12.7. The van der Waals surface area contributed by atoms with Crippen LogP contribution in [0.15, 0.2) is 53.4 Å². The predicted octanol–water partition coefficient (Wildman–Crippen LogP) is 3.58. The van der Waals surface area contributed by atoms with Gasteiger partial charge in [-0.05, 0) is 36.4 Å². The lowest BCUT2D eigenvalue weighted by molar-refractivity contribution is -0.120. The lowest BCUT2D eigenvalue weighted by atomic mass is 10.1. The Kier molecular flexibility index (Phi) is 5.24. The van der Waals surface area contributed by atoms with Crippen LogP contribution in [0.2, 0.25) is 0 Å². The van der Waals surface area contributed by atoms with Crippen molar-refractivity contribution in [1.82, 2.24) is 5.32 Å². The van der Waals surface area contributed by atoms with E-state index in [-0.39, 0.29) is 5.91 Å². The topological polar surface area (TPSA) is 29.1 Å². The molecule has 20 heavy (non-hydrogen) atoms. The highest BCUT2D eigenvalue weighted by Crippen LogP contribution is 2.15. The van der Waals surface area contributed by atoms with Crippen molar-refractivity contribution >= 4 is 17.7 Å². The van der Waals surface area contributed by atoms with Crippen molar-refractivity contribution in [1.29, 1.82) is 0 Å². The second-order valence-corrected chi connectivity index (χ2v) is 5.67. The first-order valence-electron chi connectivity index (χ1n) is 6.62. The van der Waals surface area contributed by atoms with Gasteiger partial charge >= 0.3 is 0 Å². The summed E-state index contributed by atoms with van der Waals surface area (Å²) in [7, 11) is 0. The minimum atomic E-state index is 0.0578. The van der Waals surface area contributed by atoms with Gasteiger partial charge in [0.05, 0.1) is 6.42 Å². The summed E-state index contributed by atoms with van der Waals surface area (Å²) in [6, 6.07) is 16.3. The molecule has 0 saturated carbocycles. The summed E-state index contributed by atoms with van der Waals surface area (Å²) in [6.45, 7) is 2.64. The van der Waals surface area contributed by atoms with E-state index in [1.165, 1.54) is 10.5 Å². The fourth-order valence-corrected chi connectivity index (χ4v) is 2.31. The van der Waals surface area contributed by atoms with Gasteiger partial charge in [0.25, 0.3) is 0 Å². The smallest absolute Gasteiger partial charge is 0.224 e. The van der Waals surface area contributed by atoms with E-state index < -0.39 is 0 Å². The molecular formula is C17H19NOS. The van der Waals surface area contributed by atoms with Gasteiger partial charge in [-0.1, -0.05) is 42.0 Å². The molecular weight excluding hydrogens is 266 g/mol. The zero-order valence-electron chi connectivity index (χ0n) is 11.8. The molecule has 0 bridgehead atoms. The molecule has 2 aromatic carbocycles. The van der Waals surface area contributed by atoms with Gasteiger partial charge in [-0.2, -0.15) is 0 Å². The van der Waals surface area contributed by atoms with E-state index in [4.69, 9.17) is 0 Å². The molecule has 1 amide bonds. The third-order valence-electron chi connectivity index (χ3n) is 3.13. The molecule has 1 N–H and O–H groups in total. The molecule has 0 heterocycles. The first kappa shape index (κ1) is 14.7. The van der Waals surface area contributed by atoms with E-state index >= 15 is 0 Å². The van der Waals surface area contributed by atoms with E-state index in [1.54, 1.807) is 11.8 Å². The van der Waals surface area contributed by atoms with Gasteiger partial charge < -0.3 is 5.32 Å². The normalized spacial score (nSPS) is 10.3. The second-order valence-electron chi connectivity index (χ2n) is 4.79. The maximum Gasteiger partial charge on any atom is 0.224 e. The highest BCUT2D eigenvalue weighted by Gasteiger charge is 2.03. The summed E-state index contributed by atoms with van der Waals surface area (Å²) < 4.78 is 0. The number of nitrogens with one attached hydrogen (secondary N) is 1. The molecule has 0 atom stereocenters. The van der Waals surface area contributed by atoms with Crippen LogP contribution in [-0.2, 0) is 17.8 Å². The van der Waals surface area contributed by atoms with Gasteiger partial charge in [0.2, 0.25) is 5.91 Å². The third-order valence-corrected chi connectivity index (χ3v) is 3.88. The van der Waals surface area contributed by atoms with Gasteiger partial charge in [0.1, 0.15) is 0 Å². The Labute approximate surface area is 124 Å². The molecule has 0 aliphatic rings. The molecule has 0 unspecified atom stereocenters. The first-order chi connectivity index (χ1) is 9.67. The van der Waals surface area contributed by atoms with Crippen molar-refractivity contribution in [3.63, 3.8) is 0 Å². The van der Waals surface area contributed by atoms with E-state index in [0.717, 1.165) is 11.1 Å². The molecule has 0 aliphatic heterocycles. The molecule has 0 radical (unpaired) electrons. The SMILES string of the molecule is CSc1ccc(CC(=O)NCc2ccc(C)cc2)cc1. The van der Waals surface area contributed by atoms with Gasteiger partial charge in [-0.3, -0.25) is 4.79 Å². The van der Waals surface area contributed by atoms with E-state index in [0.29, 0.717) is 13.0 Å². The molecule has 0 spiro atoms. The molecule has 0 aromatic heterocycles. The molecule has 104 valence electrons. The number of benzene rings is 2. The minimum Gasteiger partial charge on any atom is -0.352 e. The first-order valence-corrected chi connectivity index (χ1v) is 7.85. The Bertz CT molecular complexity index is 561. The number of amides is 1. The molecule has 0 aliphatic carbocycles. The molecule has 2 aromatic rings. The van der Waals surface area contributed by atoms with Crippen molar-refractivity contribution in [3.8, 4) is 0 Å². The lowest BCUT2D eigenvalue weighted by Crippen LogP contribution is -2.24. The molecule has 3 heteroatoms. The van der Waals surface area contributed by atoms with Crippen LogP contribution in [-0.4, -0.2) is 12.2 Å². The third kappa shape index (κ3) is 4.42. The monoisotopic (exact) mass is 285 g/mol. The van der Waals surface area contributed by atoms with Gasteiger partial charge in [-0.15, -0.1) is 11.8 Å². The number of carbonyl (C=O) groups excluding carboxylic acids is 1. The number of hydrogen-bond donors (Lipinski definition) is 1. The summed E-state index contributed by atoms with van der Waals surface area (Å²) in [6.07, 6.45) is 2.48. The van der Waals surface area contributed by atoms with Crippen LogP contribution in [0.5, 0.6) is 0 Å². The Balaban J connectivity index is 1.84. The van der Waals surface area contributed by atoms with Gasteiger partial charge in [-0.25, -0.2) is 0 Å². The highest BCUT2D eigenvalue weighted by atomic mass is 32.2. The maximum atomic E-state index is 11.9. The highest BCUT2D eigenvalue weighted by molar-refractivity contribution is 7.98. The zero-order chi connectivity index (χ0) is 14.4. The Morgan fingerprint density at radius 3 is 2.20 bits per heavy atom. The molecule has 2 rings (SSSR count). The van der Waals surface area contributed by atoms with Crippen LogP contribution >= 0.6 is 11.8 Å². The Morgan fingerprint density at radius 1 is 1.00 bits per heavy atom. The second kappa shape index (κ2) is 7.15. The molecule has 0 saturated heterocycles. The van der Waals surface area contributed by atoms with Crippen molar-refractivity contribution in [2.24, 2.45) is 0 Å². The van der Waals surface area contributed by atoms with Crippen molar-refractivity contribution in [2.75, 3.05) is 6.26 Å². The average Bonchev–Trinajstić information content (AvgIpc) is 2.47. The summed E-state index contributed by atoms with van der Waals surface area (Å²) >= 11 is 1.70. The van der Waals surface area contributed by atoms with E-state index in [2.05, 4.69) is 24.4 Å². The number of aryl methyl sites for hydroxylation is 1. The maximum absolute atomic E-state index is 11.9. The summed E-state index contributed by atoms with van der Waals surface area (Å²) in [5.41, 5.74) is 3.40. The predicted molar refractivity (Wildman–Crippen MR) is 85.0 cm³/mol. The standard InChI is InChI=1S/C17H19NOS/c1-13-3-5-15(6-4-13)12-18-17(19)11-14-7-9-16(20-2)10-8-14/h3-10H,11-12H2,1-2H3,(H,18,19). The quantitative estimate of drug-likeness (QED) is 0.851. The number of carbonyl (C=O) groups is 1. The van der Waals surface area contributed by atoms with Crippen molar-refractivity contribution < 1.29 is 4.79 Å². The van der Waals surface area contributed by atoms with E-state index in [1.807, 2.05) is 42.7 Å². The molecule has 2 nitrogen and oxygen atoms in total. The van der Waals surface area contributed by atoms with Gasteiger partial charge in [0, 0.05) is 11.4 Å². The Morgan fingerprint density at radius 2 is 1.60 bits per heavy atom. The number of rotatable bonds is 5. The number of hydrogen-bond acceptors (Lipinski definition) is 2.